The highest BCUT2D eigenvalue weighted by Crippen LogP contribution is 2.44. The van der Waals surface area contributed by atoms with Gasteiger partial charge in [-0.15, -0.1) is 0 Å². The smallest absolute Gasteiger partial charge is 0.0990 e. The summed E-state index contributed by atoms with van der Waals surface area (Å²) in [7, 11) is 0. The molecule has 2 unspecified atom stereocenters. The molecule has 0 saturated carbocycles. The van der Waals surface area contributed by atoms with E-state index in [2.05, 4.69) is 41.8 Å². The standard InChI is InChI=1S/C18H23NO/c20-18(15-7-3-1-4-8-15,16-9-5-2-6-10-16)17-11-13-19-14-12-17/h1-9,16-17,19-20H,10-14H2. The van der Waals surface area contributed by atoms with Crippen molar-refractivity contribution in [3.63, 3.8) is 0 Å². The lowest BCUT2D eigenvalue weighted by Crippen LogP contribution is -2.46. The van der Waals surface area contributed by atoms with Crippen molar-refractivity contribution in [1.29, 1.82) is 0 Å². The van der Waals surface area contributed by atoms with E-state index in [-0.39, 0.29) is 5.92 Å². The summed E-state index contributed by atoms with van der Waals surface area (Å²) in [5, 5.41) is 15.0. The van der Waals surface area contributed by atoms with Crippen molar-refractivity contribution < 1.29 is 5.11 Å². The highest BCUT2D eigenvalue weighted by Gasteiger charge is 2.44. The Hall–Kier alpha value is -1.38. The van der Waals surface area contributed by atoms with Crippen molar-refractivity contribution in [2.75, 3.05) is 13.1 Å². The molecular formula is C18H23NO. The molecule has 3 rings (SSSR count). The Balaban J connectivity index is 1.97. The third-order valence-electron chi connectivity index (χ3n) is 4.74. The third-order valence-corrected chi connectivity index (χ3v) is 4.74. The lowest BCUT2D eigenvalue weighted by atomic mass is 9.67. The second-order valence-electron chi connectivity index (χ2n) is 5.87. The van der Waals surface area contributed by atoms with Gasteiger partial charge in [0, 0.05) is 5.92 Å². The van der Waals surface area contributed by atoms with Crippen LogP contribution in [-0.2, 0) is 5.60 Å². The van der Waals surface area contributed by atoms with Gasteiger partial charge in [0.25, 0.3) is 0 Å². The van der Waals surface area contributed by atoms with Gasteiger partial charge in [-0.2, -0.15) is 0 Å². The molecule has 1 saturated heterocycles. The molecule has 1 aromatic rings. The maximum absolute atomic E-state index is 11.6. The highest BCUT2D eigenvalue weighted by molar-refractivity contribution is 5.28. The van der Waals surface area contributed by atoms with E-state index in [1.54, 1.807) is 0 Å². The first-order valence-electron chi connectivity index (χ1n) is 7.64. The molecule has 2 N–H and O–H groups in total. The predicted octanol–water partition coefficient (Wildman–Crippen LogP) is 3.01. The number of allylic oxidation sites excluding steroid dienone is 3. The van der Waals surface area contributed by atoms with Crippen LogP contribution in [0, 0.1) is 11.8 Å². The molecule has 1 aromatic carbocycles. The molecule has 1 heterocycles. The Kier molecular flexibility index (Phi) is 4.04. The summed E-state index contributed by atoms with van der Waals surface area (Å²) in [6.07, 6.45) is 11.5. The lowest BCUT2D eigenvalue weighted by molar-refractivity contribution is -0.0710. The maximum atomic E-state index is 11.6. The van der Waals surface area contributed by atoms with Gasteiger partial charge in [-0.3, -0.25) is 0 Å². The molecule has 2 heteroatoms. The minimum Gasteiger partial charge on any atom is -0.384 e. The third kappa shape index (κ3) is 2.46. The monoisotopic (exact) mass is 269 g/mol. The molecule has 0 aromatic heterocycles. The fourth-order valence-corrected chi connectivity index (χ4v) is 3.63. The summed E-state index contributed by atoms with van der Waals surface area (Å²) in [5.41, 5.74) is 0.321. The van der Waals surface area contributed by atoms with Gasteiger partial charge in [0.2, 0.25) is 0 Å². The molecule has 0 radical (unpaired) electrons. The summed E-state index contributed by atoms with van der Waals surface area (Å²) in [6, 6.07) is 10.2. The number of rotatable bonds is 3. The number of benzene rings is 1. The number of aliphatic hydroxyl groups is 1. The minimum atomic E-state index is -0.745. The molecule has 1 fully saturated rings. The zero-order valence-corrected chi connectivity index (χ0v) is 11.8. The van der Waals surface area contributed by atoms with Crippen molar-refractivity contribution in [3.05, 3.63) is 60.2 Å². The van der Waals surface area contributed by atoms with Crippen LogP contribution in [0.2, 0.25) is 0 Å². The van der Waals surface area contributed by atoms with E-state index in [1.165, 1.54) is 0 Å². The topological polar surface area (TPSA) is 32.3 Å². The number of piperidine rings is 1. The first kappa shape index (κ1) is 13.6. The highest BCUT2D eigenvalue weighted by atomic mass is 16.3. The zero-order chi connectivity index (χ0) is 13.8. The van der Waals surface area contributed by atoms with Crippen LogP contribution in [0.25, 0.3) is 0 Å². The van der Waals surface area contributed by atoms with E-state index in [1.807, 2.05) is 18.2 Å². The van der Waals surface area contributed by atoms with Crippen LogP contribution in [0.4, 0.5) is 0 Å². The van der Waals surface area contributed by atoms with Gasteiger partial charge in [-0.25, -0.2) is 0 Å². The second kappa shape index (κ2) is 5.94. The predicted molar refractivity (Wildman–Crippen MR) is 82.3 cm³/mol. The van der Waals surface area contributed by atoms with Gasteiger partial charge in [-0.05, 0) is 43.8 Å². The van der Waals surface area contributed by atoms with E-state index in [4.69, 9.17) is 0 Å². The molecule has 0 spiro atoms. The summed E-state index contributed by atoms with van der Waals surface area (Å²) in [4.78, 5) is 0. The Morgan fingerprint density at radius 2 is 1.80 bits per heavy atom. The summed E-state index contributed by atoms with van der Waals surface area (Å²) < 4.78 is 0. The van der Waals surface area contributed by atoms with Crippen LogP contribution in [0.15, 0.2) is 54.6 Å². The van der Waals surface area contributed by atoms with Gasteiger partial charge in [0.15, 0.2) is 0 Å². The maximum Gasteiger partial charge on any atom is 0.0990 e. The SMILES string of the molecule is OC(c1ccccc1)(C1C=CC=CC1)C1CCNCC1. The van der Waals surface area contributed by atoms with Gasteiger partial charge in [-0.1, -0.05) is 54.6 Å². The summed E-state index contributed by atoms with van der Waals surface area (Å²) >= 11 is 0. The fraction of sp³-hybridized carbons (Fsp3) is 0.444. The first-order chi connectivity index (χ1) is 9.82. The van der Waals surface area contributed by atoms with Crippen molar-refractivity contribution in [3.8, 4) is 0 Å². The molecule has 20 heavy (non-hydrogen) atoms. The van der Waals surface area contributed by atoms with E-state index in [0.29, 0.717) is 5.92 Å². The summed E-state index contributed by atoms with van der Waals surface area (Å²) in [5.74, 6) is 0.505. The van der Waals surface area contributed by atoms with Crippen molar-refractivity contribution in [2.24, 2.45) is 11.8 Å². The Morgan fingerprint density at radius 3 is 2.45 bits per heavy atom. The van der Waals surface area contributed by atoms with Gasteiger partial charge in [0.05, 0.1) is 5.60 Å². The average molecular weight is 269 g/mol. The molecule has 2 nitrogen and oxygen atoms in total. The molecule has 2 aliphatic rings. The van der Waals surface area contributed by atoms with E-state index < -0.39 is 5.60 Å². The lowest BCUT2D eigenvalue weighted by Gasteiger charge is -2.44. The number of hydrogen-bond acceptors (Lipinski definition) is 2. The van der Waals surface area contributed by atoms with Crippen LogP contribution in [-0.4, -0.2) is 18.2 Å². The number of nitrogens with one attached hydrogen (secondary N) is 1. The Morgan fingerprint density at radius 1 is 1.05 bits per heavy atom. The van der Waals surface area contributed by atoms with Gasteiger partial charge < -0.3 is 10.4 Å². The van der Waals surface area contributed by atoms with E-state index in [0.717, 1.165) is 37.9 Å². The normalized spacial score (nSPS) is 26.4. The molecular weight excluding hydrogens is 246 g/mol. The fourth-order valence-electron chi connectivity index (χ4n) is 3.63. The molecule has 2 atom stereocenters. The zero-order valence-electron chi connectivity index (χ0n) is 11.8. The minimum absolute atomic E-state index is 0.179. The van der Waals surface area contributed by atoms with E-state index >= 15 is 0 Å². The van der Waals surface area contributed by atoms with Crippen molar-refractivity contribution in [1.82, 2.24) is 5.32 Å². The van der Waals surface area contributed by atoms with Crippen LogP contribution in [0.1, 0.15) is 24.8 Å². The van der Waals surface area contributed by atoms with E-state index in [9.17, 15) is 5.11 Å². The van der Waals surface area contributed by atoms with Crippen molar-refractivity contribution in [2.45, 2.75) is 24.9 Å². The molecule has 106 valence electrons. The second-order valence-corrected chi connectivity index (χ2v) is 5.87. The van der Waals surface area contributed by atoms with Crippen LogP contribution < -0.4 is 5.32 Å². The molecule has 1 aliphatic heterocycles. The van der Waals surface area contributed by atoms with Crippen LogP contribution >= 0.6 is 0 Å². The molecule has 0 bridgehead atoms. The Labute approximate surface area is 121 Å². The van der Waals surface area contributed by atoms with Crippen LogP contribution in [0.5, 0.6) is 0 Å². The Bertz CT molecular complexity index is 487. The van der Waals surface area contributed by atoms with Crippen LogP contribution in [0.3, 0.4) is 0 Å². The average Bonchev–Trinajstić information content (AvgIpc) is 2.56. The quantitative estimate of drug-likeness (QED) is 0.884. The summed E-state index contributed by atoms with van der Waals surface area (Å²) in [6.45, 7) is 2.01. The van der Waals surface area contributed by atoms with Gasteiger partial charge in [0.1, 0.15) is 0 Å². The first-order valence-corrected chi connectivity index (χ1v) is 7.64. The van der Waals surface area contributed by atoms with Gasteiger partial charge >= 0.3 is 0 Å². The molecule has 0 amide bonds. The largest absolute Gasteiger partial charge is 0.384 e. The number of hydrogen-bond donors (Lipinski definition) is 2. The van der Waals surface area contributed by atoms with Crippen molar-refractivity contribution >= 4 is 0 Å². The molecule has 1 aliphatic carbocycles.